The molecule has 0 aromatic heterocycles. The fourth-order valence-electron chi connectivity index (χ4n) is 0.823. The third-order valence-electron chi connectivity index (χ3n) is 1.82. The Kier molecular flexibility index (Phi) is 4.49. The molecule has 0 aromatic carbocycles. The minimum atomic E-state index is -1.52. The highest BCUT2D eigenvalue weighted by atomic mass is 31.1. The van der Waals surface area contributed by atoms with Crippen LogP contribution in [-0.4, -0.2) is 6.61 Å². The van der Waals surface area contributed by atoms with E-state index < -0.39 is 8.03 Å². The number of hydrogen-bond donors (Lipinski definition) is 0. The van der Waals surface area contributed by atoms with E-state index in [1.54, 1.807) is 5.82 Å². The Morgan fingerprint density at radius 2 is 2.33 bits per heavy atom. The second-order valence-electron chi connectivity index (χ2n) is 3.15. The summed E-state index contributed by atoms with van der Waals surface area (Å²) in [6.45, 7) is 2.72. The zero-order valence-electron chi connectivity index (χ0n) is 7.53. The molecule has 1 atom stereocenters. The molecule has 0 N–H and O–H groups in total. The number of unbranched alkanes of at least 4 members (excludes halogenated alkanes) is 1. The molecule has 68 valence electrons. The Balaban J connectivity index is 2.02. The lowest BCUT2D eigenvalue weighted by Crippen LogP contribution is -1.83. The van der Waals surface area contributed by atoms with Crippen LogP contribution >= 0.6 is 8.03 Å². The first-order valence-corrected chi connectivity index (χ1v) is 5.85. The van der Waals surface area contributed by atoms with Gasteiger partial charge < -0.3 is 0 Å². The fraction of sp³-hybridized carbons (Fsp3) is 0.778. The Morgan fingerprint density at radius 3 is 2.92 bits per heavy atom. The molecule has 0 bridgehead atoms. The van der Waals surface area contributed by atoms with Gasteiger partial charge in [0.05, 0.1) is 0 Å². The number of hydrogen-bond acceptors (Lipinski definition) is 2. The molecule has 0 aliphatic heterocycles. The predicted octanol–water partition coefficient (Wildman–Crippen LogP) is 3.47. The van der Waals surface area contributed by atoms with Gasteiger partial charge in [0.2, 0.25) is 0 Å². The maximum absolute atomic E-state index is 11.1. The van der Waals surface area contributed by atoms with Crippen LogP contribution in [0, 0.1) is 5.92 Å². The molecular weight excluding hydrogens is 171 g/mol. The topological polar surface area (TPSA) is 26.3 Å². The van der Waals surface area contributed by atoms with E-state index in [0.29, 0.717) is 12.5 Å². The van der Waals surface area contributed by atoms with Crippen LogP contribution < -0.4 is 0 Å². The summed E-state index contributed by atoms with van der Waals surface area (Å²) in [6, 6.07) is 0. The summed E-state index contributed by atoms with van der Waals surface area (Å²) in [5, 5.41) is 0. The first-order chi connectivity index (χ1) is 5.83. The van der Waals surface area contributed by atoms with Crippen molar-refractivity contribution in [3.8, 4) is 0 Å². The molecule has 12 heavy (non-hydrogen) atoms. The maximum atomic E-state index is 11.1. The summed E-state index contributed by atoms with van der Waals surface area (Å²) < 4.78 is 16.2. The van der Waals surface area contributed by atoms with Gasteiger partial charge in [0.25, 0.3) is 0 Å². The summed E-state index contributed by atoms with van der Waals surface area (Å²) in [5.41, 5.74) is 0. The van der Waals surface area contributed by atoms with Crippen LogP contribution in [0.1, 0.15) is 32.6 Å². The van der Waals surface area contributed by atoms with Crippen molar-refractivity contribution in [2.75, 3.05) is 6.61 Å². The second kappa shape index (κ2) is 5.45. The summed E-state index contributed by atoms with van der Waals surface area (Å²) in [4.78, 5) is 0. The van der Waals surface area contributed by atoms with Gasteiger partial charge in [0.1, 0.15) is 6.61 Å². The molecule has 1 unspecified atom stereocenters. The maximum Gasteiger partial charge on any atom is 0.540 e. The fourth-order valence-corrected chi connectivity index (χ4v) is 1.60. The first-order valence-electron chi connectivity index (χ1n) is 4.60. The molecule has 1 aliphatic rings. The summed E-state index contributed by atoms with van der Waals surface area (Å²) in [7, 11) is -1.52. The summed E-state index contributed by atoms with van der Waals surface area (Å²) in [6.07, 6.45) is 6.63. The quantitative estimate of drug-likeness (QED) is 0.470. The molecule has 3 heteroatoms. The van der Waals surface area contributed by atoms with Gasteiger partial charge in [-0.05, 0) is 35.8 Å². The van der Waals surface area contributed by atoms with Gasteiger partial charge in [0, 0.05) is 0 Å². The van der Waals surface area contributed by atoms with E-state index in [9.17, 15) is 4.57 Å². The van der Waals surface area contributed by atoms with Crippen LogP contribution in [0.15, 0.2) is 11.9 Å². The molecular formula is C9H16O2P+. The van der Waals surface area contributed by atoms with Crippen molar-refractivity contribution < 1.29 is 9.09 Å². The Labute approximate surface area is 74.9 Å². The summed E-state index contributed by atoms with van der Waals surface area (Å²) in [5.74, 6) is 2.40. The zero-order chi connectivity index (χ0) is 8.81. The highest BCUT2D eigenvalue weighted by molar-refractivity contribution is 7.42. The van der Waals surface area contributed by atoms with Gasteiger partial charge in [-0.2, -0.15) is 0 Å². The third kappa shape index (κ3) is 4.63. The highest BCUT2D eigenvalue weighted by Gasteiger charge is 2.21. The van der Waals surface area contributed by atoms with Gasteiger partial charge >= 0.3 is 8.03 Å². The van der Waals surface area contributed by atoms with Crippen LogP contribution in [-0.2, 0) is 9.09 Å². The van der Waals surface area contributed by atoms with Crippen LogP contribution in [0.5, 0.6) is 0 Å². The Hall–Kier alpha value is -0.200. The first kappa shape index (κ1) is 9.88. The predicted molar refractivity (Wildman–Crippen MR) is 50.3 cm³/mol. The van der Waals surface area contributed by atoms with Gasteiger partial charge in [-0.15, -0.1) is 4.52 Å². The van der Waals surface area contributed by atoms with E-state index in [1.165, 1.54) is 12.8 Å². The lowest BCUT2D eigenvalue weighted by atomic mass is 10.4. The largest absolute Gasteiger partial charge is 0.540 e. The average Bonchev–Trinajstić information content (AvgIpc) is 2.84. The van der Waals surface area contributed by atoms with Crippen LogP contribution in [0.2, 0.25) is 0 Å². The molecule has 0 saturated heterocycles. The Bertz CT molecular complexity index is 173. The van der Waals surface area contributed by atoms with Crippen molar-refractivity contribution in [1.82, 2.24) is 0 Å². The molecule has 2 nitrogen and oxygen atoms in total. The van der Waals surface area contributed by atoms with Crippen LogP contribution in [0.4, 0.5) is 0 Å². The lowest BCUT2D eigenvalue weighted by molar-refractivity contribution is 0.326. The van der Waals surface area contributed by atoms with E-state index in [1.807, 2.05) is 6.08 Å². The van der Waals surface area contributed by atoms with Crippen molar-refractivity contribution in [3.05, 3.63) is 11.9 Å². The smallest absolute Gasteiger partial charge is 0.142 e. The normalized spacial score (nSPS) is 18.6. The molecule has 0 heterocycles. The van der Waals surface area contributed by atoms with E-state index >= 15 is 0 Å². The molecule has 1 fully saturated rings. The molecule has 0 spiro atoms. The van der Waals surface area contributed by atoms with Gasteiger partial charge in [-0.25, -0.2) is 0 Å². The third-order valence-corrected chi connectivity index (χ3v) is 2.67. The lowest BCUT2D eigenvalue weighted by Gasteiger charge is -1.85. The highest BCUT2D eigenvalue weighted by Crippen LogP contribution is 2.33. The molecule has 0 radical (unpaired) electrons. The van der Waals surface area contributed by atoms with E-state index in [4.69, 9.17) is 4.52 Å². The van der Waals surface area contributed by atoms with Crippen molar-refractivity contribution in [3.63, 3.8) is 0 Å². The molecule has 0 amide bonds. The van der Waals surface area contributed by atoms with E-state index in [-0.39, 0.29) is 0 Å². The van der Waals surface area contributed by atoms with Crippen LogP contribution in [0.25, 0.3) is 0 Å². The van der Waals surface area contributed by atoms with Crippen molar-refractivity contribution >= 4 is 8.03 Å². The van der Waals surface area contributed by atoms with Crippen molar-refractivity contribution in [2.45, 2.75) is 32.6 Å². The average molecular weight is 187 g/mol. The van der Waals surface area contributed by atoms with Gasteiger partial charge in [-0.3, -0.25) is 0 Å². The molecule has 1 aliphatic carbocycles. The zero-order valence-corrected chi connectivity index (χ0v) is 8.43. The molecule has 1 saturated carbocycles. The Morgan fingerprint density at radius 1 is 1.58 bits per heavy atom. The van der Waals surface area contributed by atoms with Crippen molar-refractivity contribution in [2.24, 2.45) is 5.92 Å². The second-order valence-corrected chi connectivity index (χ2v) is 4.28. The van der Waals surface area contributed by atoms with Gasteiger partial charge in [0.15, 0.2) is 5.82 Å². The number of rotatable bonds is 6. The minimum Gasteiger partial charge on any atom is -0.142 e. The summed E-state index contributed by atoms with van der Waals surface area (Å²) >= 11 is 0. The van der Waals surface area contributed by atoms with E-state index in [2.05, 4.69) is 6.92 Å². The minimum absolute atomic E-state index is 0.626. The van der Waals surface area contributed by atoms with Crippen LogP contribution in [0.3, 0.4) is 0 Å². The standard InChI is InChI=1S/C9H16O2P/c1-2-3-7-11-12(10)8-6-9-4-5-9/h6,8-9H,2-5,7H2,1H3/q+1/b8-6+. The van der Waals surface area contributed by atoms with Crippen molar-refractivity contribution in [1.29, 1.82) is 0 Å². The molecule has 1 rings (SSSR count). The number of allylic oxidation sites excluding steroid dienone is 1. The monoisotopic (exact) mass is 187 g/mol. The SMILES string of the molecule is CCCCO[P+](=O)/C=C/C1CC1. The van der Waals surface area contributed by atoms with E-state index in [0.717, 1.165) is 12.8 Å². The molecule has 0 aromatic rings. The van der Waals surface area contributed by atoms with Gasteiger partial charge in [-0.1, -0.05) is 13.3 Å².